The number of rotatable bonds is 5. The molecule has 0 N–H and O–H groups in total. The van der Waals surface area contributed by atoms with E-state index in [1.807, 2.05) is 60.7 Å². The maximum atomic E-state index is 13.4. The van der Waals surface area contributed by atoms with Crippen LogP contribution >= 0.6 is 0 Å². The molecule has 0 radical (unpaired) electrons. The van der Waals surface area contributed by atoms with Crippen LogP contribution in [0.1, 0.15) is 19.8 Å². The number of benzene rings is 2. The second kappa shape index (κ2) is 6.11. The Morgan fingerprint density at radius 2 is 1.28 bits per heavy atom. The van der Waals surface area contributed by atoms with E-state index in [-0.39, 0.29) is 0 Å². The predicted molar refractivity (Wildman–Crippen MR) is 78.3 cm³/mol. The fraction of sp³-hybridized carbons (Fsp3) is 0.250. The summed E-state index contributed by atoms with van der Waals surface area (Å²) in [7, 11) is 0. The summed E-state index contributed by atoms with van der Waals surface area (Å²) >= 11 is -3.17. The predicted octanol–water partition coefficient (Wildman–Crippen LogP) is 2.98. The second-order valence-corrected chi connectivity index (χ2v) is 10.7. The van der Waals surface area contributed by atoms with Crippen molar-refractivity contribution in [3.05, 3.63) is 60.7 Å². The van der Waals surface area contributed by atoms with Crippen molar-refractivity contribution in [1.82, 2.24) is 0 Å². The van der Waals surface area contributed by atoms with Crippen LogP contribution in [0.25, 0.3) is 0 Å². The van der Waals surface area contributed by atoms with E-state index >= 15 is 0 Å². The summed E-state index contributed by atoms with van der Waals surface area (Å²) in [6, 6.07) is 20.0. The van der Waals surface area contributed by atoms with Crippen LogP contribution in [-0.4, -0.2) is 13.5 Å². The molecule has 2 heteroatoms. The van der Waals surface area contributed by atoms with E-state index in [2.05, 4.69) is 6.92 Å². The zero-order valence-electron chi connectivity index (χ0n) is 10.8. The third-order valence-electron chi connectivity index (χ3n) is 3.17. The third-order valence-corrected chi connectivity index (χ3v) is 9.91. The van der Waals surface area contributed by atoms with E-state index in [9.17, 15) is 3.74 Å². The molecule has 0 aromatic heterocycles. The Kier molecular flexibility index (Phi) is 4.49. The first-order valence-corrected chi connectivity index (χ1v) is 10.4. The zero-order valence-corrected chi connectivity index (χ0v) is 12.6. The van der Waals surface area contributed by atoms with E-state index in [4.69, 9.17) is 0 Å². The van der Waals surface area contributed by atoms with Crippen LogP contribution in [0.5, 0.6) is 0 Å². The normalized spacial score (nSPS) is 11.4. The van der Waals surface area contributed by atoms with Gasteiger partial charge in [-0.25, -0.2) is 0 Å². The van der Waals surface area contributed by atoms with Crippen LogP contribution in [0, 0.1) is 0 Å². The van der Waals surface area contributed by atoms with Crippen molar-refractivity contribution in [1.29, 1.82) is 0 Å². The van der Waals surface area contributed by atoms with E-state index in [1.165, 1.54) is 0 Å². The van der Waals surface area contributed by atoms with Gasteiger partial charge in [0, 0.05) is 0 Å². The van der Waals surface area contributed by atoms with Crippen molar-refractivity contribution in [2.24, 2.45) is 0 Å². The Labute approximate surface area is 112 Å². The van der Waals surface area contributed by atoms with Gasteiger partial charge < -0.3 is 0 Å². The molecule has 0 aliphatic heterocycles. The van der Waals surface area contributed by atoms with Gasteiger partial charge in [0.25, 0.3) is 0 Å². The van der Waals surface area contributed by atoms with Gasteiger partial charge in [-0.05, 0) is 0 Å². The van der Waals surface area contributed by atoms with Gasteiger partial charge in [-0.1, -0.05) is 0 Å². The Balaban J connectivity index is 2.45. The van der Waals surface area contributed by atoms with Gasteiger partial charge in [0.05, 0.1) is 0 Å². The monoisotopic (exact) mass is 302 g/mol. The molecular weight excluding hydrogens is 283 g/mol. The van der Waals surface area contributed by atoms with Gasteiger partial charge in [-0.15, -0.1) is 0 Å². The molecule has 94 valence electrons. The minimum absolute atomic E-state index is 0.822. The van der Waals surface area contributed by atoms with E-state index in [0.29, 0.717) is 0 Å². The minimum atomic E-state index is -3.17. The molecule has 0 heterocycles. The first-order valence-electron chi connectivity index (χ1n) is 6.47. The second-order valence-electron chi connectivity index (χ2n) is 4.49. The SMILES string of the molecule is CCCC[As](=O)(c1ccccc1)c1ccccc1. The number of unbranched alkanes of at least 4 members (excludes halogenated alkanes) is 1. The Morgan fingerprint density at radius 3 is 1.67 bits per heavy atom. The number of hydrogen-bond donors (Lipinski definition) is 0. The first kappa shape index (κ1) is 13.2. The number of hydrogen-bond acceptors (Lipinski definition) is 1. The van der Waals surface area contributed by atoms with Gasteiger partial charge in [0.2, 0.25) is 0 Å². The van der Waals surface area contributed by atoms with Crippen molar-refractivity contribution >= 4 is 22.2 Å². The van der Waals surface area contributed by atoms with Crippen molar-refractivity contribution in [2.45, 2.75) is 25.0 Å². The van der Waals surface area contributed by atoms with Crippen LogP contribution in [0.2, 0.25) is 5.21 Å². The van der Waals surface area contributed by atoms with Crippen LogP contribution < -0.4 is 8.70 Å². The molecule has 0 saturated carbocycles. The average Bonchev–Trinajstić information content (AvgIpc) is 2.46. The molecule has 2 aromatic rings. The molecule has 1 nitrogen and oxygen atoms in total. The molecule has 18 heavy (non-hydrogen) atoms. The van der Waals surface area contributed by atoms with E-state index < -0.39 is 13.5 Å². The Bertz CT molecular complexity index is 476. The molecular formula is C16H19AsO. The van der Waals surface area contributed by atoms with Gasteiger partial charge >= 0.3 is 112 Å². The molecule has 2 rings (SSSR count). The van der Waals surface area contributed by atoms with E-state index in [0.717, 1.165) is 26.8 Å². The molecule has 0 spiro atoms. The summed E-state index contributed by atoms with van der Waals surface area (Å²) in [6.07, 6.45) is 2.12. The summed E-state index contributed by atoms with van der Waals surface area (Å²) in [5, 5.41) is 0.822. The van der Waals surface area contributed by atoms with Gasteiger partial charge in [0.1, 0.15) is 0 Å². The Hall–Kier alpha value is -1.20. The van der Waals surface area contributed by atoms with Crippen molar-refractivity contribution < 1.29 is 3.74 Å². The van der Waals surface area contributed by atoms with Crippen molar-refractivity contribution in [3.63, 3.8) is 0 Å². The van der Waals surface area contributed by atoms with Crippen molar-refractivity contribution in [2.75, 3.05) is 0 Å². The molecule has 0 saturated heterocycles. The summed E-state index contributed by atoms with van der Waals surface area (Å²) in [6.45, 7) is 2.15. The molecule has 0 aliphatic carbocycles. The summed E-state index contributed by atoms with van der Waals surface area (Å²) < 4.78 is 15.5. The fourth-order valence-electron chi connectivity index (χ4n) is 2.13. The van der Waals surface area contributed by atoms with Crippen LogP contribution in [0.4, 0.5) is 0 Å². The molecule has 0 amide bonds. The van der Waals surface area contributed by atoms with Crippen molar-refractivity contribution in [3.8, 4) is 0 Å². The third kappa shape index (κ3) is 2.79. The van der Waals surface area contributed by atoms with Gasteiger partial charge in [-0.3, -0.25) is 0 Å². The molecule has 0 bridgehead atoms. The quantitative estimate of drug-likeness (QED) is 0.776. The molecule has 0 unspecified atom stereocenters. The summed E-state index contributed by atoms with van der Waals surface area (Å²) in [5.74, 6) is 0. The Morgan fingerprint density at radius 1 is 0.833 bits per heavy atom. The van der Waals surface area contributed by atoms with Gasteiger partial charge in [0.15, 0.2) is 0 Å². The standard InChI is InChI=1S/C16H19AsO/c1-2-3-14-17(18,15-10-6-4-7-11-15)16-12-8-5-9-13-16/h4-13H,2-3,14H2,1H3. The molecule has 2 aromatic carbocycles. The average molecular weight is 302 g/mol. The summed E-state index contributed by atoms with van der Waals surface area (Å²) in [4.78, 5) is 0. The van der Waals surface area contributed by atoms with Crippen LogP contribution in [-0.2, 0) is 3.74 Å². The maximum absolute atomic E-state index is 13.4. The zero-order chi connectivity index (χ0) is 12.8. The fourth-order valence-corrected chi connectivity index (χ4v) is 8.18. The molecule has 0 aliphatic rings. The van der Waals surface area contributed by atoms with Crippen LogP contribution in [0.15, 0.2) is 60.7 Å². The molecule has 0 fully saturated rings. The summed E-state index contributed by atoms with van der Waals surface area (Å²) in [5.41, 5.74) is 0. The van der Waals surface area contributed by atoms with E-state index in [1.54, 1.807) is 0 Å². The topological polar surface area (TPSA) is 17.1 Å². The van der Waals surface area contributed by atoms with Crippen LogP contribution in [0.3, 0.4) is 0 Å². The first-order chi connectivity index (χ1) is 8.77. The molecule has 0 atom stereocenters. The van der Waals surface area contributed by atoms with Gasteiger partial charge in [-0.2, -0.15) is 0 Å².